The quantitative estimate of drug-likeness (QED) is 0.584. The van der Waals surface area contributed by atoms with E-state index in [-0.39, 0.29) is 17.4 Å². The summed E-state index contributed by atoms with van der Waals surface area (Å²) in [5, 5.41) is 9.55. The molecule has 1 saturated heterocycles. The Kier molecular flexibility index (Phi) is 6.07. The van der Waals surface area contributed by atoms with Crippen molar-refractivity contribution in [3.05, 3.63) is 40.7 Å². The van der Waals surface area contributed by atoms with Gasteiger partial charge < -0.3 is 9.80 Å². The summed E-state index contributed by atoms with van der Waals surface area (Å²) in [5.74, 6) is 1.63. The first-order valence-corrected chi connectivity index (χ1v) is 11.4. The number of aromatic nitrogens is 5. The number of likely N-dealkylation sites (N-methyl/N-ethyl adjacent to an activating group) is 1. The molecule has 1 atom stereocenters. The molecule has 1 aliphatic rings. The van der Waals surface area contributed by atoms with Crippen molar-refractivity contribution in [2.45, 2.75) is 59.0 Å². The molecule has 0 aliphatic carbocycles. The largest absolute Gasteiger partial charge is 0.352 e. The maximum absolute atomic E-state index is 12.1. The van der Waals surface area contributed by atoms with Crippen LogP contribution < -0.4 is 4.90 Å². The average molecular weight is 456 g/mol. The van der Waals surface area contributed by atoms with Gasteiger partial charge in [0.1, 0.15) is 5.82 Å². The van der Waals surface area contributed by atoms with E-state index in [0.29, 0.717) is 29.3 Å². The number of halogens is 1. The van der Waals surface area contributed by atoms with Gasteiger partial charge in [-0.3, -0.25) is 4.79 Å². The normalized spacial score (nSPS) is 16.7. The van der Waals surface area contributed by atoms with Crippen molar-refractivity contribution in [1.82, 2.24) is 29.9 Å². The molecule has 170 valence electrons. The average Bonchev–Trinajstić information content (AvgIpc) is 3.36. The minimum Gasteiger partial charge on any atom is -0.352 e. The van der Waals surface area contributed by atoms with Gasteiger partial charge in [0.2, 0.25) is 5.91 Å². The summed E-state index contributed by atoms with van der Waals surface area (Å²) >= 11 is 6.38. The molecule has 0 saturated carbocycles. The van der Waals surface area contributed by atoms with Gasteiger partial charge in [0.25, 0.3) is 0 Å². The molecule has 3 heterocycles. The van der Waals surface area contributed by atoms with Crippen molar-refractivity contribution in [2.75, 3.05) is 24.5 Å². The Morgan fingerprint density at radius 1 is 1.25 bits per heavy atom. The summed E-state index contributed by atoms with van der Waals surface area (Å²) in [4.78, 5) is 26.0. The fraction of sp³-hybridized carbons (Fsp3) is 0.522. The highest BCUT2D eigenvalue weighted by atomic mass is 35.5. The molecule has 2 aromatic heterocycles. The third-order valence-corrected chi connectivity index (χ3v) is 6.31. The third kappa shape index (κ3) is 4.28. The van der Waals surface area contributed by atoms with Crippen LogP contribution in [-0.4, -0.2) is 61.4 Å². The molecule has 1 aromatic carbocycles. The topological polar surface area (TPSA) is 80.0 Å². The monoisotopic (exact) mass is 455 g/mol. The highest BCUT2D eigenvalue weighted by Gasteiger charge is 2.32. The first kappa shape index (κ1) is 22.5. The van der Waals surface area contributed by atoms with Crippen LogP contribution in [0.5, 0.6) is 0 Å². The van der Waals surface area contributed by atoms with E-state index >= 15 is 0 Å². The molecule has 3 aromatic rings. The van der Waals surface area contributed by atoms with E-state index in [9.17, 15) is 4.79 Å². The highest BCUT2D eigenvalue weighted by molar-refractivity contribution is 6.31. The lowest BCUT2D eigenvalue weighted by Gasteiger charge is -2.27. The molecule has 4 rings (SSSR count). The van der Waals surface area contributed by atoms with Gasteiger partial charge >= 0.3 is 0 Å². The smallest absolute Gasteiger partial charge is 0.219 e. The number of amides is 1. The molecule has 0 bridgehead atoms. The van der Waals surface area contributed by atoms with Crippen LogP contribution in [0.3, 0.4) is 0 Å². The molecule has 9 heteroatoms. The van der Waals surface area contributed by atoms with Crippen LogP contribution in [0.25, 0.3) is 11.2 Å². The number of benzene rings is 1. The molecule has 1 fully saturated rings. The lowest BCUT2D eigenvalue weighted by atomic mass is 9.96. The molecule has 1 aliphatic heterocycles. The third-order valence-electron chi connectivity index (χ3n) is 5.94. The first-order chi connectivity index (χ1) is 15.2. The summed E-state index contributed by atoms with van der Waals surface area (Å²) in [6, 6.07) is 7.89. The van der Waals surface area contributed by atoms with E-state index in [2.05, 4.69) is 36.0 Å². The Bertz CT molecular complexity index is 1140. The second-order valence-corrected chi connectivity index (χ2v) is 9.73. The minimum atomic E-state index is -0.240. The maximum atomic E-state index is 12.1. The van der Waals surface area contributed by atoms with Crippen molar-refractivity contribution in [3.63, 3.8) is 0 Å². The molecule has 0 N–H and O–H groups in total. The van der Waals surface area contributed by atoms with Crippen LogP contribution in [0.4, 0.5) is 5.82 Å². The molecule has 0 spiro atoms. The zero-order chi connectivity index (χ0) is 23.0. The Morgan fingerprint density at radius 3 is 2.66 bits per heavy atom. The van der Waals surface area contributed by atoms with Gasteiger partial charge in [-0.2, -0.15) is 0 Å². The number of hydrogen-bond acceptors (Lipinski definition) is 6. The summed E-state index contributed by atoms with van der Waals surface area (Å²) in [7, 11) is 0. The van der Waals surface area contributed by atoms with Gasteiger partial charge in [-0.25, -0.2) is 14.6 Å². The fourth-order valence-electron chi connectivity index (χ4n) is 4.22. The summed E-state index contributed by atoms with van der Waals surface area (Å²) in [6.07, 6.45) is 0.900. The van der Waals surface area contributed by atoms with Gasteiger partial charge in [-0.05, 0) is 25.0 Å². The molecular weight excluding hydrogens is 426 g/mol. The number of fused-ring (bicyclic) bond motifs is 1. The molecular formula is C23H30ClN7O. The molecule has 0 radical (unpaired) electrons. The van der Waals surface area contributed by atoms with E-state index in [4.69, 9.17) is 21.6 Å². The molecule has 1 amide bonds. The second kappa shape index (κ2) is 8.65. The van der Waals surface area contributed by atoms with E-state index < -0.39 is 0 Å². The number of carbonyl (C=O) groups is 1. The Labute approximate surface area is 193 Å². The van der Waals surface area contributed by atoms with Crippen LogP contribution in [0.15, 0.2) is 24.3 Å². The van der Waals surface area contributed by atoms with Gasteiger partial charge in [-0.1, -0.05) is 55.8 Å². The Hall–Kier alpha value is -2.74. The summed E-state index contributed by atoms with van der Waals surface area (Å²) < 4.78 is 1.79. The van der Waals surface area contributed by atoms with Crippen LogP contribution in [-0.2, 0) is 16.8 Å². The number of hydrogen-bond donors (Lipinski definition) is 0. The SMILES string of the molecule is CCN(C(C)=O)C1CCN(c2nc(C(C)(C)C)nc3c2nnn3Cc2ccccc2Cl)C1. The predicted molar refractivity (Wildman–Crippen MR) is 126 cm³/mol. The van der Waals surface area contributed by atoms with E-state index in [1.54, 1.807) is 11.6 Å². The van der Waals surface area contributed by atoms with Gasteiger partial charge in [0, 0.05) is 37.0 Å². The zero-order valence-electron chi connectivity index (χ0n) is 19.3. The van der Waals surface area contributed by atoms with E-state index in [1.165, 1.54) is 0 Å². The Morgan fingerprint density at radius 2 is 2.00 bits per heavy atom. The first-order valence-electron chi connectivity index (χ1n) is 11.1. The van der Waals surface area contributed by atoms with E-state index in [1.807, 2.05) is 36.1 Å². The van der Waals surface area contributed by atoms with Crippen LogP contribution >= 0.6 is 11.6 Å². The van der Waals surface area contributed by atoms with Gasteiger partial charge in [0.15, 0.2) is 17.0 Å². The summed E-state index contributed by atoms with van der Waals surface area (Å²) in [6.45, 7) is 12.7. The Balaban J connectivity index is 1.75. The van der Waals surface area contributed by atoms with Crippen LogP contribution in [0.1, 0.15) is 52.4 Å². The summed E-state index contributed by atoms with van der Waals surface area (Å²) in [5.41, 5.74) is 2.09. The number of nitrogens with zero attached hydrogens (tertiary/aromatic N) is 7. The van der Waals surface area contributed by atoms with Crippen molar-refractivity contribution >= 4 is 34.5 Å². The standard InChI is InChI=1S/C23H30ClN7O/c1-6-30(15(2)32)17-11-12-29(14-17)20-19-21(26-22(25-20)23(3,4)5)31(28-27-19)13-16-9-7-8-10-18(16)24/h7-10,17H,6,11-14H2,1-5H3. The van der Waals surface area contributed by atoms with Crippen molar-refractivity contribution in [1.29, 1.82) is 0 Å². The number of anilines is 1. The highest BCUT2D eigenvalue weighted by Crippen LogP contribution is 2.30. The van der Waals surface area contributed by atoms with Crippen LogP contribution in [0.2, 0.25) is 5.02 Å². The van der Waals surface area contributed by atoms with Crippen LogP contribution in [0, 0.1) is 0 Å². The number of carbonyl (C=O) groups excluding carboxylic acids is 1. The molecule has 1 unspecified atom stereocenters. The van der Waals surface area contributed by atoms with Crippen molar-refractivity contribution in [3.8, 4) is 0 Å². The van der Waals surface area contributed by atoms with Crippen molar-refractivity contribution < 1.29 is 4.79 Å². The lowest BCUT2D eigenvalue weighted by Crippen LogP contribution is -2.40. The van der Waals surface area contributed by atoms with Gasteiger partial charge in [0.05, 0.1) is 12.6 Å². The minimum absolute atomic E-state index is 0.105. The predicted octanol–water partition coefficient (Wildman–Crippen LogP) is 3.67. The number of rotatable bonds is 5. The van der Waals surface area contributed by atoms with Gasteiger partial charge in [-0.15, -0.1) is 5.10 Å². The molecule has 32 heavy (non-hydrogen) atoms. The maximum Gasteiger partial charge on any atom is 0.219 e. The molecule has 8 nitrogen and oxygen atoms in total. The second-order valence-electron chi connectivity index (χ2n) is 9.33. The lowest BCUT2D eigenvalue weighted by molar-refractivity contribution is -0.130. The van der Waals surface area contributed by atoms with E-state index in [0.717, 1.165) is 36.7 Å². The van der Waals surface area contributed by atoms with Crippen molar-refractivity contribution in [2.24, 2.45) is 0 Å². The zero-order valence-corrected chi connectivity index (χ0v) is 20.1. The fourth-order valence-corrected chi connectivity index (χ4v) is 4.41.